The molecule has 0 saturated carbocycles. The van der Waals surface area contributed by atoms with Crippen molar-refractivity contribution in [1.82, 2.24) is 9.78 Å². The highest BCUT2D eigenvalue weighted by Crippen LogP contribution is 2.52. The maximum atomic E-state index is 13.7. The molecule has 0 radical (unpaired) electrons. The molecule has 2 aromatic carbocycles. The van der Waals surface area contributed by atoms with Gasteiger partial charge < -0.3 is 16.0 Å². The highest BCUT2D eigenvalue weighted by molar-refractivity contribution is 6.32. The van der Waals surface area contributed by atoms with Crippen molar-refractivity contribution in [1.29, 1.82) is 0 Å². The lowest BCUT2D eigenvalue weighted by molar-refractivity contribution is -0.127. The number of aromatic nitrogens is 2. The number of fused-ring (bicyclic) bond motifs is 4. The Balaban J connectivity index is 1.76. The van der Waals surface area contributed by atoms with E-state index in [9.17, 15) is 14.4 Å². The molecule has 0 aliphatic carbocycles. The lowest BCUT2D eigenvalue weighted by atomic mass is 9.72. The van der Waals surface area contributed by atoms with Gasteiger partial charge in [-0.1, -0.05) is 41.9 Å². The first-order valence-corrected chi connectivity index (χ1v) is 9.64. The molecule has 3 aromatic rings. The van der Waals surface area contributed by atoms with Crippen LogP contribution in [0, 0.1) is 0 Å². The van der Waals surface area contributed by atoms with E-state index in [2.05, 4.69) is 10.4 Å². The van der Waals surface area contributed by atoms with Crippen molar-refractivity contribution in [3.05, 3.63) is 70.9 Å². The van der Waals surface area contributed by atoms with Crippen LogP contribution in [0.4, 0.5) is 11.5 Å². The van der Waals surface area contributed by atoms with E-state index in [-0.39, 0.29) is 24.8 Å². The first-order valence-electron chi connectivity index (χ1n) is 9.26. The molecule has 5 rings (SSSR count). The second kappa shape index (κ2) is 6.43. The standard InChI is InChI=1S/C21H16ClN5O3/c22-14-6-2-4-8-16(14)27-19-13(10-24-27)21(9-18(29)25-19)12-5-1-3-7-15(12)26(20(21)30)11-17(23)28/h1-8,10H,9,11H2,(H2,23,28)(H,25,29). The van der Waals surface area contributed by atoms with Crippen molar-refractivity contribution in [2.75, 3.05) is 16.8 Å². The van der Waals surface area contributed by atoms with Gasteiger partial charge in [0.05, 0.1) is 16.9 Å². The number of amides is 3. The second-order valence-corrected chi connectivity index (χ2v) is 7.68. The molecule has 8 nitrogen and oxygen atoms in total. The minimum atomic E-state index is -1.29. The first kappa shape index (κ1) is 18.4. The number of hydrogen-bond donors (Lipinski definition) is 2. The summed E-state index contributed by atoms with van der Waals surface area (Å²) in [4.78, 5) is 39.4. The van der Waals surface area contributed by atoms with E-state index in [0.29, 0.717) is 33.3 Å². The number of anilines is 2. The van der Waals surface area contributed by atoms with Gasteiger partial charge in [0.25, 0.3) is 0 Å². The lowest BCUT2D eigenvalue weighted by Crippen LogP contribution is -2.48. The Hall–Kier alpha value is -3.65. The van der Waals surface area contributed by atoms with Crippen LogP contribution in [0.1, 0.15) is 17.5 Å². The smallest absolute Gasteiger partial charge is 0.243 e. The van der Waals surface area contributed by atoms with E-state index in [1.54, 1.807) is 54.7 Å². The van der Waals surface area contributed by atoms with E-state index in [1.165, 1.54) is 9.58 Å². The van der Waals surface area contributed by atoms with Gasteiger partial charge in [0.2, 0.25) is 17.7 Å². The van der Waals surface area contributed by atoms with Crippen molar-refractivity contribution in [2.45, 2.75) is 11.8 Å². The molecule has 0 saturated heterocycles. The molecule has 1 aromatic heterocycles. The van der Waals surface area contributed by atoms with Crippen LogP contribution in [0.2, 0.25) is 5.02 Å². The molecule has 150 valence electrons. The summed E-state index contributed by atoms with van der Waals surface area (Å²) in [6.07, 6.45) is 1.47. The van der Waals surface area contributed by atoms with E-state index >= 15 is 0 Å². The zero-order valence-electron chi connectivity index (χ0n) is 15.6. The molecule has 9 heteroatoms. The van der Waals surface area contributed by atoms with Crippen LogP contribution in [0.3, 0.4) is 0 Å². The third-order valence-corrected chi connectivity index (χ3v) is 5.89. The SMILES string of the molecule is NC(=O)CN1C(=O)C2(CC(=O)Nc3c2cnn3-c2ccccc2Cl)c2ccccc21. The van der Waals surface area contributed by atoms with Crippen LogP contribution in [-0.2, 0) is 19.8 Å². The van der Waals surface area contributed by atoms with E-state index in [0.717, 1.165) is 0 Å². The molecule has 2 aliphatic heterocycles. The molecular formula is C21H16ClN5O3. The van der Waals surface area contributed by atoms with Crippen molar-refractivity contribution >= 4 is 40.8 Å². The Bertz CT molecular complexity index is 1240. The van der Waals surface area contributed by atoms with Crippen LogP contribution in [-0.4, -0.2) is 34.0 Å². The van der Waals surface area contributed by atoms with E-state index in [4.69, 9.17) is 17.3 Å². The second-order valence-electron chi connectivity index (χ2n) is 7.28. The van der Waals surface area contributed by atoms with Gasteiger partial charge in [0, 0.05) is 17.7 Å². The third kappa shape index (κ3) is 2.40. The highest BCUT2D eigenvalue weighted by Gasteiger charge is 2.57. The minimum absolute atomic E-state index is 0.0979. The van der Waals surface area contributed by atoms with Gasteiger partial charge in [0.15, 0.2) is 0 Å². The number of carbonyl (C=O) groups is 3. The quantitative estimate of drug-likeness (QED) is 0.673. The number of para-hydroxylation sites is 2. The molecular weight excluding hydrogens is 406 g/mol. The van der Waals surface area contributed by atoms with Crippen LogP contribution in [0.5, 0.6) is 0 Å². The number of hydrogen-bond acceptors (Lipinski definition) is 4. The van der Waals surface area contributed by atoms with Gasteiger partial charge in [0.1, 0.15) is 17.8 Å². The van der Waals surface area contributed by atoms with Gasteiger partial charge >= 0.3 is 0 Å². The Morgan fingerprint density at radius 2 is 1.80 bits per heavy atom. The van der Waals surface area contributed by atoms with Gasteiger partial charge in [-0.15, -0.1) is 0 Å². The Morgan fingerprint density at radius 3 is 2.53 bits per heavy atom. The Labute approximate surface area is 176 Å². The van der Waals surface area contributed by atoms with Gasteiger partial charge in [-0.3, -0.25) is 14.4 Å². The normalized spacial score (nSPS) is 19.6. The summed E-state index contributed by atoms with van der Waals surface area (Å²) in [5.74, 6) is -0.969. The number of nitrogens with one attached hydrogen (secondary N) is 1. The molecule has 30 heavy (non-hydrogen) atoms. The summed E-state index contributed by atoms with van der Waals surface area (Å²) in [5.41, 5.74) is 6.43. The summed E-state index contributed by atoms with van der Waals surface area (Å²) in [5, 5.41) is 7.71. The molecule has 0 bridgehead atoms. The van der Waals surface area contributed by atoms with Crippen molar-refractivity contribution in [3.8, 4) is 5.69 Å². The topological polar surface area (TPSA) is 110 Å². The van der Waals surface area contributed by atoms with Gasteiger partial charge in [-0.05, 0) is 23.8 Å². The lowest BCUT2D eigenvalue weighted by Gasteiger charge is -2.32. The van der Waals surface area contributed by atoms with E-state index < -0.39 is 11.3 Å². The highest BCUT2D eigenvalue weighted by atomic mass is 35.5. The molecule has 0 fully saturated rings. The van der Waals surface area contributed by atoms with Crippen molar-refractivity contribution in [2.24, 2.45) is 5.73 Å². The maximum absolute atomic E-state index is 13.7. The zero-order valence-corrected chi connectivity index (χ0v) is 16.4. The summed E-state index contributed by atoms with van der Waals surface area (Å²) in [6, 6.07) is 14.2. The number of rotatable bonds is 3. The van der Waals surface area contributed by atoms with Gasteiger partial charge in [-0.2, -0.15) is 5.10 Å². The van der Waals surface area contributed by atoms with Gasteiger partial charge in [-0.25, -0.2) is 4.68 Å². The average molecular weight is 422 g/mol. The maximum Gasteiger partial charge on any atom is 0.243 e. The third-order valence-electron chi connectivity index (χ3n) is 5.57. The number of primary amides is 1. The number of carbonyl (C=O) groups excluding carboxylic acids is 3. The largest absolute Gasteiger partial charge is 0.368 e. The minimum Gasteiger partial charge on any atom is -0.368 e. The number of halogens is 1. The number of nitrogens with zero attached hydrogens (tertiary/aromatic N) is 3. The average Bonchev–Trinajstić information content (AvgIpc) is 3.23. The number of nitrogens with two attached hydrogens (primary N) is 1. The van der Waals surface area contributed by atoms with Crippen LogP contribution < -0.4 is 16.0 Å². The number of benzene rings is 2. The molecule has 1 unspecified atom stereocenters. The first-order chi connectivity index (χ1) is 14.4. The predicted octanol–water partition coefficient (Wildman–Crippen LogP) is 1.99. The molecule has 3 amide bonds. The van der Waals surface area contributed by atoms with Crippen LogP contribution in [0.25, 0.3) is 5.69 Å². The summed E-state index contributed by atoms with van der Waals surface area (Å²) in [7, 11) is 0. The summed E-state index contributed by atoms with van der Waals surface area (Å²) >= 11 is 6.34. The monoisotopic (exact) mass is 421 g/mol. The van der Waals surface area contributed by atoms with Crippen LogP contribution in [0.15, 0.2) is 54.7 Å². The fourth-order valence-corrected chi connectivity index (χ4v) is 4.58. The molecule has 3 N–H and O–H groups in total. The molecule has 1 atom stereocenters. The van der Waals surface area contributed by atoms with Crippen LogP contribution >= 0.6 is 11.6 Å². The predicted molar refractivity (Wildman–Crippen MR) is 111 cm³/mol. The summed E-state index contributed by atoms with van der Waals surface area (Å²) < 4.78 is 1.52. The Morgan fingerprint density at radius 1 is 1.10 bits per heavy atom. The summed E-state index contributed by atoms with van der Waals surface area (Å²) in [6.45, 7) is -0.271. The van der Waals surface area contributed by atoms with E-state index in [1.807, 2.05) is 0 Å². The Kier molecular flexibility index (Phi) is 3.94. The fourth-order valence-electron chi connectivity index (χ4n) is 4.37. The molecule has 3 heterocycles. The molecule has 2 aliphatic rings. The molecule has 1 spiro atoms. The van der Waals surface area contributed by atoms with Crippen molar-refractivity contribution in [3.63, 3.8) is 0 Å². The zero-order chi connectivity index (χ0) is 21.0. The van der Waals surface area contributed by atoms with Crippen molar-refractivity contribution < 1.29 is 14.4 Å². The fraction of sp³-hybridized carbons (Fsp3) is 0.143.